The molecule has 2 heterocycles. The number of rotatable bonds is 5. The summed E-state index contributed by atoms with van der Waals surface area (Å²) in [6, 6.07) is 32.5. The van der Waals surface area contributed by atoms with Crippen molar-refractivity contribution in [3.63, 3.8) is 0 Å². The van der Waals surface area contributed by atoms with E-state index in [2.05, 4.69) is 138 Å². The van der Waals surface area contributed by atoms with Crippen LogP contribution in [-0.4, -0.2) is 19.6 Å². The summed E-state index contributed by atoms with van der Waals surface area (Å²) in [6.45, 7) is 6.71. The highest BCUT2D eigenvalue weighted by Crippen LogP contribution is 2.35. The molecule has 0 atom stereocenters. The van der Waals surface area contributed by atoms with Gasteiger partial charge in [-0.2, -0.15) is 19.6 Å². The summed E-state index contributed by atoms with van der Waals surface area (Å²) in [5.74, 6) is 1.47. The van der Waals surface area contributed by atoms with Crippen LogP contribution in [0.2, 0.25) is 0 Å². The van der Waals surface area contributed by atoms with Crippen molar-refractivity contribution in [3.8, 4) is 33.9 Å². The van der Waals surface area contributed by atoms with E-state index in [9.17, 15) is 0 Å². The summed E-state index contributed by atoms with van der Waals surface area (Å²) in [4.78, 5) is 1.67. The average Bonchev–Trinajstić information content (AvgIpc) is 3.56. The zero-order valence-electron chi connectivity index (χ0n) is 21.6. The molecule has 0 N–H and O–H groups in total. The third-order valence-electron chi connectivity index (χ3n) is 7.12. The van der Waals surface area contributed by atoms with Crippen LogP contribution in [0, 0.1) is 6.92 Å². The van der Waals surface area contributed by atoms with Gasteiger partial charge in [0.1, 0.15) is 5.69 Å². The normalized spacial score (nSPS) is 11.5. The summed E-state index contributed by atoms with van der Waals surface area (Å²) in [6.07, 6.45) is 3.42. The molecule has 0 amide bonds. The first kappa shape index (κ1) is 22.9. The Hall–Kier alpha value is -4.51. The largest absolute Gasteiger partial charge is 0.295 e. The quantitative estimate of drug-likeness (QED) is 0.252. The lowest BCUT2D eigenvalue weighted by molar-refractivity contribution is -0.633. The van der Waals surface area contributed by atoms with E-state index in [1.54, 1.807) is 17.2 Å². The summed E-state index contributed by atoms with van der Waals surface area (Å²) < 4.78 is 4.72. The lowest BCUT2D eigenvalue weighted by Crippen LogP contribution is -2.30. The Morgan fingerprint density at radius 2 is 1.49 bits per heavy atom. The number of para-hydroxylation sites is 2. The van der Waals surface area contributed by atoms with Gasteiger partial charge in [-0.3, -0.25) is 0 Å². The fraction of sp³-hybridized carbons (Fsp3) is 0.156. The van der Waals surface area contributed by atoms with E-state index in [-0.39, 0.29) is 0 Å². The topological polar surface area (TPSA) is 39.5 Å². The van der Waals surface area contributed by atoms with Gasteiger partial charge in [0.15, 0.2) is 11.0 Å². The monoisotopic (exact) mass is 484 g/mol. The summed E-state index contributed by atoms with van der Waals surface area (Å²) in [5, 5.41) is 8.73. The molecule has 4 aromatic carbocycles. The number of fused-ring (bicyclic) bond motifs is 1. The maximum Gasteiger partial charge on any atom is 0.295 e. The fourth-order valence-electron chi connectivity index (χ4n) is 5.22. The standard InChI is InChI=1S/C32H30N5/c1-22(2)27-20-25(24-10-6-5-7-11-24)15-17-29(27)36-31-13-9-8-12-30(31)35(4)32(36)28-21-26(16-14-23(28)3)37-33-18-19-34-37/h5-22H,1-4H3/q+1. The van der Waals surface area contributed by atoms with Crippen molar-refractivity contribution in [3.05, 3.63) is 115 Å². The minimum absolute atomic E-state index is 0.346. The smallest absolute Gasteiger partial charge is 0.225 e. The van der Waals surface area contributed by atoms with E-state index in [0.717, 1.165) is 17.1 Å². The molecule has 0 fully saturated rings. The number of hydrogen-bond acceptors (Lipinski definition) is 2. The highest BCUT2D eigenvalue weighted by Gasteiger charge is 2.29. The second-order valence-electron chi connectivity index (χ2n) is 9.82. The summed E-state index contributed by atoms with van der Waals surface area (Å²) in [7, 11) is 2.15. The zero-order chi connectivity index (χ0) is 25.5. The van der Waals surface area contributed by atoms with Gasteiger partial charge >= 0.3 is 0 Å². The second kappa shape index (κ2) is 9.17. The molecule has 0 saturated carbocycles. The van der Waals surface area contributed by atoms with Gasteiger partial charge in [-0.05, 0) is 65.9 Å². The van der Waals surface area contributed by atoms with E-state index >= 15 is 0 Å². The number of nitrogens with zero attached hydrogens (tertiary/aromatic N) is 5. The molecular formula is C32H30N5+. The van der Waals surface area contributed by atoms with Crippen LogP contribution in [-0.2, 0) is 7.05 Å². The Morgan fingerprint density at radius 1 is 0.757 bits per heavy atom. The van der Waals surface area contributed by atoms with Gasteiger partial charge < -0.3 is 0 Å². The van der Waals surface area contributed by atoms with Crippen molar-refractivity contribution in [1.29, 1.82) is 0 Å². The van der Waals surface area contributed by atoms with Crippen LogP contribution in [0.25, 0.3) is 44.9 Å². The molecule has 0 spiro atoms. The number of aryl methyl sites for hydroxylation is 2. The molecular weight excluding hydrogens is 454 g/mol. The minimum atomic E-state index is 0.346. The van der Waals surface area contributed by atoms with Gasteiger partial charge in [0.25, 0.3) is 5.82 Å². The van der Waals surface area contributed by atoms with Gasteiger partial charge in [0.05, 0.1) is 30.7 Å². The predicted octanol–water partition coefficient (Wildman–Crippen LogP) is 6.80. The Labute approximate surface area is 217 Å². The van der Waals surface area contributed by atoms with E-state index in [4.69, 9.17) is 0 Å². The van der Waals surface area contributed by atoms with Crippen molar-refractivity contribution in [2.75, 3.05) is 0 Å². The zero-order valence-corrected chi connectivity index (χ0v) is 21.6. The molecule has 5 heteroatoms. The Morgan fingerprint density at radius 3 is 2.24 bits per heavy atom. The van der Waals surface area contributed by atoms with Crippen molar-refractivity contribution in [1.82, 2.24) is 19.6 Å². The molecule has 2 aromatic heterocycles. The first-order valence-corrected chi connectivity index (χ1v) is 12.7. The van der Waals surface area contributed by atoms with Crippen LogP contribution >= 0.6 is 0 Å². The Balaban J connectivity index is 1.65. The van der Waals surface area contributed by atoms with E-state index in [1.807, 2.05) is 0 Å². The number of hydrogen-bond donors (Lipinski definition) is 0. The first-order chi connectivity index (χ1) is 18.0. The van der Waals surface area contributed by atoms with E-state index < -0.39 is 0 Å². The molecule has 0 aliphatic heterocycles. The van der Waals surface area contributed by atoms with Crippen molar-refractivity contribution < 1.29 is 4.57 Å². The van der Waals surface area contributed by atoms with Crippen LogP contribution in [0.5, 0.6) is 0 Å². The Kier molecular flexibility index (Phi) is 5.68. The molecule has 0 saturated heterocycles. The lowest BCUT2D eigenvalue weighted by atomic mass is 9.95. The highest BCUT2D eigenvalue weighted by molar-refractivity contribution is 5.81. The lowest BCUT2D eigenvalue weighted by Gasteiger charge is -2.15. The predicted molar refractivity (Wildman–Crippen MR) is 149 cm³/mol. The van der Waals surface area contributed by atoms with Gasteiger partial charge in [-0.25, -0.2) is 4.57 Å². The SMILES string of the molecule is Cc1ccc(-n2nccn2)cc1-c1n(-c2ccc(-c3ccccc3)cc2C(C)C)c2ccccc2[n+]1C. The molecule has 6 aromatic rings. The fourth-order valence-corrected chi connectivity index (χ4v) is 5.22. The van der Waals surface area contributed by atoms with Gasteiger partial charge in [-0.1, -0.05) is 68.4 Å². The molecule has 37 heavy (non-hydrogen) atoms. The number of aromatic nitrogens is 5. The minimum Gasteiger partial charge on any atom is -0.225 e. The number of imidazole rings is 1. The van der Waals surface area contributed by atoms with Crippen molar-refractivity contribution >= 4 is 11.0 Å². The third kappa shape index (κ3) is 3.93. The maximum atomic E-state index is 4.36. The molecule has 0 aliphatic carbocycles. The summed E-state index contributed by atoms with van der Waals surface area (Å²) in [5.41, 5.74) is 10.6. The van der Waals surface area contributed by atoms with E-state index in [1.165, 1.54) is 39.0 Å². The molecule has 0 unspecified atom stereocenters. The molecule has 182 valence electrons. The van der Waals surface area contributed by atoms with Crippen molar-refractivity contribution in [2.45, 2.75) is 26.7 Å². The second-order valence-corrected chi connectivity index (χ2v) is 9.82. The molecule has 0 radical (unpaired) electrons. The van der Waals surface area contributed by atoms with Gasteiger partial charge in [0, 0.05) is 5.56 Å². The van der Waals surface area contributed by atoms with Crippen molar-refractivity contribution in [2.24, 2.45) is 7.05 Å². The van der Waals surface area contributed by atoms with E-state index in [0.29, 0.717) is 5.92 Å². The van der Waals surface area contributed by atoms with Crippen LogP contribution < -0.4 is 4.57 Å². The summed E-state index contributed by atoms with van der Waals surface area (Å²) >= 11 is 0. The molecule has 5 nitrogen and oxygen atoms in total. The first-order valence-electron chi connectivity index (χ1n) is 12.7. The third-order valence-corrected chi connectivity index (χ3v) is 7.12. The van der Waals surface area contributed by atoms with Gasteiger partial charge in [0.2, 0.25) is 0 Å². The van der Waals surface area contributed by atoms with Gasteiger partial charge in [-0.15, -0.1) is 0 Å². The van der Waals surface area contributed by atoms with Crippen LogP contribution in [0.15, 0.2) is 103 Å². The van der Waals surface area contributed by atoms with Crippen LogP contribution in [0.1, 0.15) is 30.9 Å². The maximum absolute atomic E-state index is 4.36. The highest BCUT2D eigenvalue weighted by atomic mass is 15.5. The van der Waals surface area contributed by atoms with Crippen LogP contribution in [0.3, 0.4) is 0 Å². The van der Waals surface area contributed by atoms with Crippen LogP contribution in [0.4, 0.5) is 0 Å². The average molecular weight is 485 g/mol. The number of benzene rings is 4. The molecule has 0 aliphatic rings. The Bertz CT molecular complexity index is 1710. The molecule has 0 bridgehead atoms. The molecule has 6 rings (SSSR count).